The number of benzene rings is 1. The number of nitrogens with zero attached hydrogens (tertiary/aromatic N) is 1. The second-order valence-electron chi connectivity index (χ2n) is 4.36. The van der Waals surface area contributed by atoms with Crippen LogP contribution in [0.25, 0.3) is 0 Å². The SMILES string of the molecule is COc1c(Cl)cc(Cl)cc1/C=N/NC(=O)C(F)(F)C(F)(F)C(F)(F)F. The molecular formula is C12H7Cl2F7N2O2. The average Bonchev–Trinajstić information content (AvgIpc) is 2.45. The normalized spacial score (nSPS) is 13.2. The number of carbonyl (C=O) groups excluding carboxylic acids is 1. The first-order chi connectivity index (χ1) is 11.3. The second-order valence-corrected chi connectivity index (χ2v) is 5.20. The maximum absolute atomic E-state index is 13.1. The van der Waals surface area contributed by atoms with Crippen LogP contribution < -0.4 is 10.2 Å². The molecule has 0 radical (unpaired) electrons. The third kappa shape index (κ3) is 4.27. The van der Waals surface area contributed by atoms with Gasteiger partial charge in [-0.3, -0.25) is 4.79 Å². The molecule has 1 amide bonds. The van der Waals surface area contributed by atoms with Crippen molar-refractivity contribution in [1.82, 2.24) is 5.43 Å². The van der Waals surface area contributed by atoms with E-state index < -0.39 is 23.9 Å². The molecule has 0 saturated carbocycles. The van der Waals surface area contributed by atoms with Crippen LogP contribution in [0.15, 0.2) is 17.2 Å². The minimum atomic E-state index is -6.64. The van der Waals surface area contributed by atoms with E-state index >= 15 is 0 Å². The number of rotatable bonds is 5. The molecule has 0 heterocycles. The summed E-state index contributed by atoms with van der Waals surface area (Å²) in [5, 5.41) is 2.91. The van der Waals surface area contributed by atoms with Crippen LogP contribution in [0, 0.1) is 0 Å². The summed E-state index contributed by atoms with van der Waals surface area (Å²) in [7, 11) is 1.17. The maximum atomic E-state index is 13.1. The van der Waals surface area contributed by atoms with E-state index in [-0.39, 0.29) is 21.4 Å². The van der Waals surface area contributed by atoms with Crippen molar-refractivity contribution in [2.45, 2.75) is 18.0 Å². The zero-order valence-corrected chi connectivity index (χ0v) is 13.4. The number of halogens is 9. The van der Waals surface area contributed by atoms with Gasteiger partial charge in [-0.25, -0.2) is 5.43 Å². The van der Waals surface area contributed by atoms with Gasteiger partial charge in [-0.05, 0) is 12.1 Å². The fourth-order valence-corrected chi connectivity index (χ4v) is 2.03. The predicted molar refractivity (Wildman–Crippen MR) is 74.7 cm³/mol. The molecule has 0 atom stereocenters. The molecular weight excluding hydrogens is 408 g/mol. The summed E-state index contributed by atoms with van der Waals surface area (Å²) >= 11 is 11.4. The molecule has 0 aliphatic heterocycles. The largest absolute Gasteiger partial charge is 0.495 e. The summed E-state index contributed by atoms with van der Waals surface area (Å²) in [5.74, 6) is -15.7. The minimum Gasteiger partial charge on any atom is -0.495 e. The van der Waals surface area contributed by atoms with Crippen LogP contribution in [0.2, 0.25) is 10.0 Å². The monoisotopic (exact) mass is 414 g/mol. The number of hydrogen-bond donors (Lipinski definition) is 1. The number of alkyl halides is 7. The van der Waals surface area contributed by atoms with Gasteiger partial charge in [0.15, 0.2) is 0 Å². The molecule has 140 valence electrons. The highest BCUT2D eigenvalue weighted by molar-refractivity contribution is 6.36. The molecule has 1 aromatic carbocycles. The molecule has 0 unspecified atom stereocenters. The highest BCUT2D eigenvalue weighted by atomic mass is 35.5. The van der Waals surface area contributed by atoms with Gasteiger partial charge in [0.25, 0.3) is 0 Å². The van der Waals surface area contributed by atoms with Crippen molar-refractivity contribution in [2.75, 3.05) is 7.11 Å². The summed E-state index contributed by atoms with van der Waals surface area (Å²) in [4.78, 5) is 11.0. The molecule has 4 nitrogen and oxygen atoms in total. The van der Waals surface area contributed by atoms with Gasteiger partial charge in [0.1, 0.15) is 5.75 Å². The highest BCUT2D eigenvalue weighted by Gasteiger charge is 2.76. The molecule has 0 aliphatic rings. The number of ether oxygens (including phenoxy) is 1. The van der Waals surface area contributed by atoms with E-state index in [0.29, 0.717) is 6.21 Å². The molecule has 0 bridgehead atoms. The van der Waals surface area contributed by atoms with E-state index in [2.05, 4.69) is 5.10 Å². The van der Waals surface area contributed by atoms with Crippen molar-refractivity contribution in [2.24, 2.45) is 5.10 Å². The Morgan fingerprint density at radius 1 is 1.16 bits per heavy atom. The number of hydrogen-bond acceptors (Lipinski definition) is 3. The summed E-state index contributed by atoms with van der Waals surface area (Å²) in [6.07, 6.45) is -6.02. The highest BCUT2D eigenvalue weighted by Crippen LogP contribution is 2.46. The quantitative estimate of drug-likeness (QED) is 0.444. The van der Waals surface area contributed by atoms with Gasteiger partial charge in [-0.2, -0.15) is 35.8 Å². The molecule has 1 rings (SSSR count). The fraction of sp³-hybridized carbons (Fsp3) is 0.333. The van der Waals surface area contributed by atoms with Crippen molar-refractivity contribution < 1.29 is 40.3 Å². The lowest BCUT2D eigenvalue weighted by Crippen LogP contribution is -2.58. The van der Waals surface area contributed by atoms with E-state index in [9.17, 15) is 35.5 Å². The number of carbonyl (C=O) groups is 1. The Kier molecular flexibility index (Phi) is 6.17. The lowest BCUT2D eigenvalue weighted by molar-refractivity contribution is -0.344. The second kappa shape index (κ2) is 7.24. The molecule has 0 aromatic heterocycles. The number of nitrogens with one attached hydrogen (secondary N) is 1. The third-order valence-corrected chi connectivity index (χ3v) is 3.15. The Hall–Kier alpha value is -1.75. The Labute approximate surface area is 145 Å². The van der Waals surface area contributed by atoms with E-state index in [0.717, 1.165) is 11.5 Å². The van der Waals surface area contributed by atoms with Gasteiger partial charge in [0.05, 0.1) is 18.3 Å². The Balaban J connectivity index is 3.02. The van der Waals surface area contributed by atoms with Crippen molar-refractivity contribution >= 4 is 35.3 Å². The van der Waals surface area contributed by atoms with Crippen molar-refractivity contribution in [3.63, 3.8) is 0 Å². The molecule has 25 heavy (non-hydrogen) atoms. The summed E-state index contributed by atoms with van der Waals surface area (Å²) in [5.41, 5.74) is 0.835. The van der Waals surface area contributed by atoms with Crippen molar-refractivity contribution in [3.05, 3.63) is 27.7 Å². The molecule has 0 saturated heterocycles. The number of methoxy groups -OCH3 is 1. The predicted octanol–water partition coefficient (Wildman–Crippen LogP) is 4.29. The average molecular weight is 415 g/mol. The van der Waals surface area contributed by atoms with Gasteiger partial charge < -0.3 is 4.74 Å². The van der Waals surface area contributed by atoms with Gasteiger partial charge in [-0.1, -0.05) is 23.2 Å². The lowest BCUT2D eigenvalue weighted by atomic mass is 10.1. The van der Waals surface area contributed by atoms with Crippen LogP contribution in [0.5, 0.6) is 5.75 Å². The van der Waals surface area contributed by atoms with Gasteiger partial charge in [-0.15, -0.1) is 0 Å². The van der Waals surface area contributed by atoms with Crippen LogP contribution in [0.3, 0.4) is 0 Å². The van der Waals surface area contributed by atoms with Gasteiger partial charge >= 0.3 is 23.9 Å². The van der Waals surface area contributed by atoms with Crippen LogP contribution in [0.4, 0.5) is 30.7 Å². The molecule has 1 aromatic rings. The van der Waals surface area contributed by atoms with E-state index in [4.69, 9.17) is 27.9 Å². The van der Waals surface area contributed by atoms with Crippen LogP contribution in [-0.2, 0) is 4.79 Å². The summed E-state index contributed by atoms with van der Waals surface area (Å²) in [6, 6.07) is 2.40. The standard InChI is InChI=1S/C12H7Cl2F7N2O2/c1-25-8-5(2-6(13)3-7(8)14)4-22-23-9(24)10(15,16)11(17,18)12(19,20)21/h2-4H,1H3,(H,23,24)/b22-4+. The smallest absolute Gasteiger partial charge is 0.460 e. The Morgan fingerprint density at radius 2 is 1.72 bits per heavy atom. The Bertz CT molecular complexity index is 693. The Morgan fingerprint density at radius 3 is 2.20 bits per heavy atom. The first kappa shape index (κ1) is 21.3. The third-order valence-electron chi connectivity index (χ3n) is 2.65. The van der Waals surface area contributed by atoms with Gasteiger partial charge in [0, 0.05) is 10.6 Å². The minimum absolute atomic E-state index is 0.0308. The first-order valence-corrected chi connectivity index (χ1v) is 6.70. The summed E-state index contributed by atoms with van der Waals surface area (Å²) < 4.78 is 92.3. The summed E-state index contributed by atoms with van der Waals surface area (Å²) in [6.45, 7) is 0. The van der Waals surface area contributed by atoms with Gasteiger partial charge in [0.2, 0.25) is 0 Å². The zero-order chi connectivity index (χ0) is 19.6. The fourth-order valence-electron chi connectivity index (χ4n) is 1.44. The lowest BCUT2D eigenvalue weighted by Gasteiger charge is -2.26. The van der Waals surface area contributed by atoms with E-state index in [1.165, 1.54) is 13.2 Å². The van der Waals surface area contributed by atoms with Crippen LogP contribution in [-0.4, -0.2) is 37.3 Å². The molecule has 1 N–H and O–H groups in total. The van der Waals surface area contributed by atoms with E-state index in [1.54, 1.807) is 0 Å². The molecule has 0 fully saturated rings. The van der Waals surface area contributed by atoms with Crippen molar-refractivity contribution in [3.8, 4) is 5.75 Å². The number of hydrazone groups is 1. The topological polar surface area (TPSA) is 50.7 Å². The molecule has 0 spiro atoms. The molecule has 13 heteroatoms. The van der Waals surface area contributed by atoms with E-state index in [1.807, 2.05) is 0 Å². The van der Waals surface area contributed by atoms with Crippen molar-refractivity contribution in [1.29, 1.82) is 0 Å². The first-order valence-electron chi connectivity index (χ1n) is 5.94. The number of amides is 1. The zero-order valence-electron chi connectivity index (χ0n) is 11.9. The molecule has 0 aliphatic carbocycles. The van der Waals surface area contributed by atoms with Crippen LogP contribution >= 0.6 is 23.2 Å². The van der Waals surface area contributed by atoms with Crippen LogP contribution in [0.1, 0.15) is 5.56 Å². The maximum Gasteiger partial charge on any atom is 0.460 e.